The second kappa shape index (κ2) is 11.9. The summed E-state index contributed by atoms with van der Waals surface area (Å²) in [5.41, 5.74) is 2.58. The van der Waals surface area contributed by atoms with Crippen LogP contribution in [0.25, 0.3) is 0 Å². The molecule has 1 saturated heterocycles. The fraction of sp³-hybridized carbons (Fsp3) is 0.481. The van der Waals surface area contributed by atoms with Crippen LogP contribution in [0.1, 0.15) is 80.8 Å². The van der Waals surface area contributed by atoms with Gasteiger partial charge in [-0.3, -0.25) is 14.5 Å². The lowest BCUT2D eigenvalue weighted by molar-refractivity contribution is -0.118. The van der Waals surface area contributed by atoms with Gasteiger partial charge in [0.1, 0.15) is 5.82 Å². The Morgan fingerprint density at radius 1 is 1.06 bits per heavy atom. The highest BCUT2D eigenvalue weighted by Gasteiger charge is 2.24. The van der Waals surface area contributed by atoms with Crippen LogP contribution in [-0.2, 0) is 4.79 Å². The fourth-order valence-electron chi connectivity index (χ4n) is 4.33. The van der Waals surface area contributed by atoms with E-state index in [4.69, 9.17) is 0 Å². The molecule has 0 bridgehead atoms. The minimum absolute atomic E-state index is 0.0145. The average Bonchev–Trinajstić information content (AvgIpc) is 2.79. The van der Waals surface area contributed by atoms with E-state index in [0.29, 0.717) is 18.0 Å². The Bertz CT molecular complexity index is 912. The number of hydrogen-bond donors (Lipinski definition) is 1. The van der Waals surface area contributed by atoms with E-state index >= 15 is 0 Å². The first kappa shape index (κ1) is 24.1. The van der Waals surface area contributed by atoms with E-state index in [9.17, 15) is 14.0 Å². The fourth-order valence-corrected chi connectivity index (χ4v) is 4.33. The number of amides is 1. The molecule has 0 radical (unpaired) electrons. The molecule has 32 heavy (non-hydrogen) atoms. The van der Waals surface area contributed by atoms with Gasteiger partial charge in [-0.25, -0.2) is 4.39 Å². The van der Waals surface area contributed by atoms with Gasteiger partial charge < -0.3 is 5.32 Å². The van der Waals surface area contributed by atoms with E-state index in [-0.39, 0.29) is 23.4 Å². The predicted octanol–water partition coefficient (Wildman–Crippen LogP) is 6.39. The molecule has 3 rings (SSSR count). The first-order valence-electron chi connectivity index (χ1n) is 11.9. The van der Waals surface area contributed by atoms with Gasteiger partial charge in [-0.05, 0) is 68.6 Å². The topological polar surface area (TPSA) is 49.4 Å². The quantitative estimate of drug-likeness (QED) is 0.345. The lowest BCUT2D eigenvalue weighted by atomic mass is 9.94. The zero-order chi connectivity index (χ0) is 22.9. The van der Waals surface area contributed by atoms with Gasteiger partial charge in [0.05, 0.1) is 0 Å². The molecular weight excluding hydrogens is 403 g/mol. The number of ketones is 1. The smallest absolute Gasteiger partial charge is 0.226 e. The maximum atomic E-state index is 13.3. The number of carbonyl (C=O) groups excluding carboxylic acids is 2. The lowest BCUT2D eigenvalue weighted by Gasteiger charge is -2.36. The molecular formula is C27H35FN2O2. The zero-order valence-electron chi connectivity index (χ0n) is 19.3. The van der Waals surface area contributed by atoms with E-state index < -0.39 is 0 Å². The molecule has 1 atom stereocenters. The number of halogens is 1. The van der Waals surface area contributed by atoms with Crippen molar-refractivity contribution < 1.29 is 14.0 Å². The Balaban J connectivity index is 1.49. The predicted molar refractivity (Wildman–Crippen MR) is 127 cm³/mol. The van der Waals surface area contributed by atoms with Crippen LogP contribution in [0, 0.1) is 11.7 Å². The monoisotopic (exact) mass is 438 g/mol. The SMILES string of the molecule is CC(C)C(=O)Nc1cccc(C2CCCCN2CCCCCC(=O)c2cccc(F)c2)c1. The maximum absolute atomic E-state index is 13.3. The van der Waals surface area contributed by atoms with Crippen LogP contribution < -0.4 is 5.32 Å². The molecule has 1 fully saturated rings. The molecule has 2 aromatic carbocycles. The van der Waals surface area contributed by atoms with Crippen molar-refractivity contribution in [2.24, 2.45) is 5.92 Å². The van der Waals surface area contributed by atoms with Gasteiger partial charge in [-0.2, -0.15) is 0 Å². The van der Waals surface area contributed by atoms with Gasteiger partial charge in [-0.1, -0.05) is 51.0 Å². The van der Waals surface area contributed by atoms with Crippen LogP contribution in [0.2, 0.25) is 0 Å². The highest BCUT2D eigenvalue weighted by atomic mass is 19.1. The van der Waals surface area contributed by atoms with E-state index in [2.05, 4.69) is 22.3 Å². The van der Waals surface area contributed by atoms with E-state index in [1.54, 1.807) is 12.1 Å². The number of carbonyl (C=O) groups is 2. The minimum Gasteiger partial charge on any atom is -0.326 e. The summed E-state index contributed by atoms with van der Waals surface area (Å²) in [6.07, 6.45) is 6.85. The maximum Gasteiger partial charge on any atom is 0.226 e. The number of likely N-dealkylation sites (tertiary alicyclic amines) is 1. The summed E-state index contributed by atoms with van der Waals surface area (Å²) in [5.74, 6) is -0.353. The Morgan fingerprint density at radius 3 is 2.66 bits per heavy atom. The van der Waals surface area contributed by atoms with Gasteiger partial charge in [0.2, 0.25) is 5.91 Å². The molecule has 1 heterocycles. The Hall–Kier alpha value is -2.53. The van der Waals surface area contributed by atoms with Crippen molar-refractivity contribution >= 4 is 17.4 Å². The molecule has 4 nitrogen and oxygen atoms in total. The van der Waals surface area contributed by atoms with Gasteiger partial charge >= 0.3 is 0 Å². The summed E-state index contributed by atoms with van der Waals surface area (Å²) < 4.78 is 13.3. The van der Waals surface area contributed by atoms with Crippen molar-refractivity contribution in [2.75, 3.05) is 18.4 Å². The highest BCUT2D eigenvalue weighted by molar-refractivity contribution is 5.96. The van der Waals surface area contributed by atoms with Crippen LogP contribution in [0.3, 0.4) is 0 Å². The second-order valence-electron chi connectivity index (χ2n) is 9.06. The Kier molecular flexibility index (Phi) is 8.98. The van der Waals surface area contributed by atoms with Crippen LogP contribution in [0.5, 0.6) is 0 Å². The minimum atomic E-state index is -0.361. The second-order valence-corrected chi connectivity index (χ2v) is 9.06. The van der Waals surface area contributed by atoms with E-state index in [1.807, 2.05) is 26.0 Å². The molecule has 0 saturated carbocycles. The van der Waals surface area contributed by atoms with E-state index in [1.165, 1.54) is 30.5 Å². The number of unbranched alkanes of at least 4 members (excludes halogenated alkanes) is 2. The normalized spacial score (nSPS) is 16.8. The van der Waals surface area contributed by atoms with Crippen molar-refractivity contribution in [3.05, 3.63) is 65.5 Å². The molecule has 0 spiro atoms. The number of anilines is 1. The van der Waals surface area contributed by atoms with Crippen molar-refractivity contribution in [2.45, 2.75) is 64.8 Å². The third-order valence-electron chi connectivity index (χ3n) is 6.17. The van der Waals surface area contributed by atoms with Crippen LogP contribution >= 0.6 is 0 Å². The number of nitrogens with zero attached hydrogens (tertiary/aromatic N) is 1. The van der Waals surface area contributed by atoms with Crippen molar-refractivity contribution in [3.8, 4) is 0 Å². The molecule has 2 aromatic rings. The Labute approximate surface area is 191 Å². The standard InChI is InChI=1S/C27H35FN2O2/c1-20(2)27(32)29-24-13-9-10-21(19-24)25-14-5-7-17-30(25)16-6-3-4-15-26(31)22-11-8-12-23(28)18-22/h8-13,18-20,25H,3-7,14-17H2,1-2H3,(H,29,32). The van der Waals surface area contributed by atoms with E-state index in [0.717, 1.165) is 44.5 Å². The van der Waals surface area contributed by atoms with Gasteiger partial charge in [0.15, 0.2) is 5.78 Å². The zero-order valence-corrected chi connectivity index (χ0v) is 19.3. The average molecular weight is 439 g/mol. The summed E-state index contributed by atoms with van der Waals surface area (Å²) in [4.78, 5) is 26.8. The van der Waals surface area contributed by atoms with Gasteiger partial charge in [-0.15, -0.1) is 0 Å². The van der Waals surface area contributed by atoms with Crippen LogP contribution in [0.4, 0.5) is 10.1 Å². The molecule has 172 valence electrons. The van der Waals surface area contributed by atoms with Crippen LogP contribution in [-0.4, -0.2) is 29.7 Å². The first-order chi connectivity index (χ1) is 15.4. The molecule has 1 N–H and O–H groups in total. The molecule has 1 amide bonds. The highest BCUT2D eigenvalue weighted by Crippen LogP contribution is 2.32. The van der Waals surface area contributed by atoms with Crippen molar-refractivity contribution in [3.63, 3.8) is 0 Å². The number of benzene rings is 2. The summed E-state index contributed by atoms with van der Waals surface area (Å²) in [5, 5.41) is 3.01. The van der Waals surface area contributed by atoms with Gasteiger partial charge in [0.25, 0.3) is 0 Å². The summed E-state index contributed by atoms with van der Waals surface area (Å²) in [6.45, 7) is 5.87. The number of piperidine rings is 1. The molecule has 1 unspecified atom stereocenters. The molecule has 1 aliphatic rings. The third-order valence-corrected chi connectivity index (χ3v) is 6.17. The number of nitrogens with one attached hydrogen (secondary N) is 1. The summed E-state index contributed by atoms with van der Waals surface area (Å²) >= 11 is 0. The summed E-state index contributed by atoms with van der Waals surface area (Å²) in [7, 11) is 0. The third kappa shape index (κ3) is 6.99. The van der Waals surface area contributed by atoms with Crippen LogP contribution in [0.15, 0.2) is 48.5 Å². The molecule has 5 heteroatoms. The Morgan fingerprint density at radius 2 is 1.88 bits per heavy atom. The number of rotatable bonds is 10. The first-order valence-corrected chi connectivity index (χ1v) is 11.9. The molecule has 0 aliphatic carbocycles. The lowest BCUT2D eigenvalue weighted by Crippen LogP contribution is -2.34. The molecule has 0 aromatic heterocycles. The number of Topliss-reactive ketones (excluding diaryl/α,β-unsaturated/α-hetero) is 1. The molecule has 1 aliphatic heterocycles. The van der Waals surface area contributed by atoms with Crippen molar-refractivity contribution in [1.29, 1.82) is 0 Å². The largest absolute Gasteiger partial charge is 0.326 e. The summed E-state index contributed by atoms with van der Waals surface area (Å²) in [6, 6.07) is 14.6. The van der Waals surface area contributed by atoms with Crippen molar-refractivity contribution in [1.82, 2.24) is 4.90 Å². The van der Waals surface area contributed by atoms with Gasteiger partial charge in [0, 0.05) is 29.6 Å². The number of hydrogen-bond acceptors (Lipinski definition) is 3.